The molecule has 1 aliphatic heterocycles. The first-order valence-electron chi connectivity index (χ1n) is 6.65. The summed E-state index contributed by atoms with van der Waals surface area (Å²) >= 11 is 0. The third-order valence-electron chi connectivity index (χ3n) is 4.19. The lowest BCUT2D eigenvalue weighted by Gasteiger charge is -2.32. The minimum Gasteiger partial charge on any atom is -0.399 e. The van der Waals surface area contributed by atoms with Crippen molar-refractivity contribution in [3.63, 3.8) is 0 Å². The topological polar surface area (TPSA) is 47.9 Å². The van der Waals surface area contributed by atoms with E-state index < -0.39 is 9.73 Å². The quantitative estimate of drug-likeness (QED) is 0.785. The highest BCUT2D eigenvalue weighted by Gasteiger charge is 2.51. The number of hydrogen-bond donors (Lipinski definition) is 0. The van der Waals surface area contributed by atoms with Gasteiger partial charge in [0.25, 0.3) is 0 Å². The van der Waals surface area contributed by atoms with Crippen LogP contribution >= 0.6 is 0 Å². The van der Waals surface area contributed by atoms with E-state index in [0.29, 0.717) is 0 Å². The van der Waals surface area contributed by atoms with Crippen molar-refractivity contribution in [2.24, 2.45) is 4.36 Å². The zero-order valence-electron chi connectivity index (χ0n) is 13.0. The van der Waals surface area contributed by atoms with Crippen molar-refractivity contribution in [1.29, 1.82) is 0 Å². The average Bonchev–Trinajstić information content (AvgIpc) is 2.59. The third-order valence-corrected chi connectivity index (χ3v) is 6.03. The van der Waals surface area contributed by atoms with Crippen molar-refractivity contribution in [1.82, 2.24) is 0 Å². The monoisotopic (exact) mass is 295 g/mol. The Morgan fingerprint density at radius 1 is 1.05 bits per heavy atom. The Balaban J connectivity index is 2.28. The molecule has 1 fully saturated rings. The zero-order valence-corrected chi connectivity index (χ0v) is 13.8. The van der Waals surface area contributed by atoms with Crippen molar-refractivity contribution in [3.8, 4) is 0 Å². The molecule has 0 amide bonds. The van der Waals surface area contributed by atoms with E-state index >= 15 is 0 Å². The molecule has 0 bridgehead atoms. The van der Waals surface area contributed by atoms with Crippen LogP contribution in [0.1, 0.15) is 27.7 Å². The van der Waals surface area contributed by atoms with Gasteiger partial charge >= 0.3 is 7.12 Å². The van der Waals surface area contributed by atoms with Crippen molar-refractivity contribution in [2.45, 2.75) is 43.8 Å². The van der Waals surface area contributed by atoms with Crippen LogP contribution in [-0.4, -0.2) is 35.8 Å². The van der Waals surface area contributed by atoms with Crippen molar-refractivity contribution < 1.29 is 13.5 Å². The van der Waals surface area contributed by atoms with Crippen molar-refractivity contribution >= 4 is 22.3 Å². The number of nitrogens with zero attached hydrogens (tertiary/aromatic N) is 1. The normalized spacial score (nSPS) is 23.4. The molecule has 6 heteroatoms. The second-order valence-corrected chi connectivity index (χ2v) is 8.58. The molecular formula is C14H22BNO3S. The molecule has 1 saturated heterocycles. The molecule has 2 rings (SSSR count). The fourth-order valence-electron chi connectivity index (χ4n) is 1.96. The number of hydrogen-bond acceptors (Lipinski definition) is 4. The van der Waals surface area contributed by atoms with Crippen LogP contribution in [0.25, 0.3) is 0 Å². The van der Waals surface area contributed by atoms with Gasteiger partial charge in [0.15, 0.2) is 0 Å². The van der Waals surface area contributed by atoms with Gasteiger partial charge in [0.2, 0.25) is 0 Å². The Kier molecular flexibility index (Phi) is 3.78. The number of benzene rings is 1. The summed E-state index contributed by atoms with van der Waals surface area (Å²) in [6.07, 6.45) is 1.64. The molecule has 1 heterocycles. The summed E-state index contributed by atoms with van der Waals surface area (Å²) in [5, 5.41) is 0. The highest BCUT2D eigenvalue weighted by atomic mass is 32.2. The molecule has 1 atom stereocenters. The van der Waals surface area contributed by atoms with E-state index in [9.17, 15) is 4.21 Å². The summed E-state index contributed by atoms with van der Waals surface area (Å²) in [6, 6.07) is 7.45. The van der Waals surface area contributed by atoms with Crippen LogP contribution in [0, 0.1) is 0 Å². The Labute approximate surface area is 122 Å². The maximum Gasteiger partial charge on any atom is 0.494 e. The molecule has 1 aromatic rings. The van der Waals surface area contributed by atoms with Crippen LogP contribution in [0.5, 0.6) is 0 Å². The number of rotatable bonds is 2. The third kappa shape index (κ3) is 2.64. The van der Waals surface area contributed by atoms with E-state index in [1.807, 2.05) is 52.0 Å². The van der Waals surface area contributed by atoms with Gasteiger partial charge in [-0.2, -0.15) is 0 Å². The summed E-state index contributed by atoms with van der Waals surface area (Å²) in [6.45, 7) is 8.10. The molecular weight excluding hydrogens is 273 g/mol. The van der Waals surface area contributed by atoms with Gasteiger partial charge < -0.3 is 9.31 Å². The van der Waals surface area contributed by atoms with Crippen molar-refractivity contribution in [2.75, 3.05) is 13.3 Å². The van der Waals surface area contributed by atoms with Crippen LogP contribution in [-0.2, 0) is 19.0 Å². The summed E-state index contributed by atoms with van der Waals surface area (Å²) in [5.41, 5.74) is 0.222. The Morgan fingerprint density at radius 2 is 1.50 bits per heavy atom. The summed E-state index contributed by atoms with van der Waals surface area (Å²) < 4.78 is 28.1. The van der Waals surface area contributed by atoms with Gasteiger partial charge in [0.05, 0.1) is 20.9 Å². The smallest absolute Gasteiger partial charge is 0.399 e. The summed E-state index contributed by atoms with van der Waals surface area (Å²) in [4.78, 5) is 0.722. The lowest BCUT2D eigenvalue weighted by molar-refractivity contribution is 0.00578. The molecule has 1 aliphatic rings. The average molecular weight is 295 g/mol. The van der Waals surface area contributed by atoms with E-state index in [-0.39, 0.29) is 18.3 Å². The first kappa shape index (κ1) is 15.5. The first-order chi connectivity index (χ1) is 9.09. The highest BCUT2D eigenvalue weighted by molar-refractivity contribution is 7.93. The Bertz CT molecular complexity index is 600. The lowest BCUT2D eigenvalue weighted by atomic mass is 9.79. The molecule has 4 nitrogen and oxygen atoms in total. The highest BCUT2D eigenvalue weighted by Crippen LogP contribution is 2.36. The van der Waals surface area contributed by atoms with E-state index in [0.717, 1.165) is 10.4 Å². The molecule has 0 aromatic heterocycles. The lowest BCUT2D eigenvalue weighted by Crippen LogP contribution is -2.41. The van der Waals surface area contributed by atoms with Gasteiger partial charge in [-0.15, -0.1) is 0 Å². The molecule has 0 saturated carbocycles. The van der Waals surface area contributed by atoms with Crippen LogP contribution in [0.4, 0.5) is 0 Å². The maximum atomic E-state index is 12.2. The molecule has 0 radical (unpaired) electrons. The predicted molar refractivity (Wildman–Crippen MR) is 82.8 cm³/mol. The van der Waals surface area contributed by atoms with Crippen molar-refractivity contribution in [3.05, 3.63) is 24.3 Å². The second-order valence-electron chi connectivity index (χ2n) is 6.14. The van der Waals surface area contributed by atoms with Crippen LogP contribution in [0.15, 0.2) is 33.5 Å². The largest absolute Gasteiger partial charge is 0.494 e. The van der Waals surface area contributed by atoms with Gasteiger partial charge in [-0.05, 0) is 45.3 Å². The van der Waals surface area contributed by atoms with E-state index in [2.05, 4.69) is 4.36 Å². The fourth-order valence-corrected chi connectivity index (χ4v) is 2.81. The van der Waals surface area contributed by atoms with Crippen LogP contribution < -0.4 is 5.46 Å². The minimum absolute atomic E-state index is 0.354. The molecule has 0 aliphatic carbocycles. The molecule has 0 spiro atoms. The van der Waals surface area contributed by atoms with Gasteiger partial charge in [0.1, 0.15) is 0 Å². The van der Waals surface area contributed by atoms with Gasteiger partial charge in [-0.3, -0.25) is 0 Å². The fraction of sp³-hybridized carbons (Fsp3) is 0.571. The van der Waals surface area contributed by atoms with E-state index in [1.165, 1.54) is 0 Å². The molecule has 1 unspecified atom stereocenters. The van der Waals surface area contributed by atoms with Gasteiger partial charge in [0, 0.05) is 18.2 Å². The first-order valence-corrected chi connectivity index (χ1v) is 8.57. The molecule has 1 aromatic carbocycles. The Morgan fingerprint density at radius 3 is 1.90 bits per heavy atom. The van der Waals surface area contributed by atoms with Crippen LogP contribution in [0.2, 0.25) is 0 Å². The van der Waals surface area contributed by atoms with E-state index in [1.54, 1.807) is 13.3 Å². The van der Waals surface area contributed by atoms with Crippen LogP contribution in [0.3, 0.4) is 0 Å². The standard InChI is InChI=1S/C14H22BNO3S/c1-13(2)14(3,4)19-15(18-13)11-7-9-12(10-8-11)20(6,17)16-5/h7-10H,1-6H3. The maximum absolute atomic E-state index is 12.2. The second kappa shape index (κ2) is 4.86. The zero-order chi connectivity index (χ0) is 15.2. The van der Waals surface area contributed by atoms with Gasteiger partial charge in [-0.25, -0.2) is 8.57 Å². The van der Waals surface area contributed by atoms with E-state index in [4.69, 9.17) is 9.31 Å². The molecule has 20 heavy (non-hydrogen) atoms. The molecule has 0 N–H and O–H groups in total. The SMILES string of the molecule is CN=S(C)(=O)c1ccc(B2OC(C)(C)C(C)(C)O2)cc1. The molecule has 110 valence electrons. The predicted octanol–water partition coefficient (Wildman–Crippen LogP) is 2.07. The summed E-state index contributed by atoms with van der Waals surface area (Å²) in [5.74, 6) is 0. The minimum atomic E-state index is -2.29. The Hall–Kier alpha value is -0.845. The summed E-state index contributed by atoms with van der Waals surface area (Å²) in [7, 11) is -1.11. The van der Waals surface area contributed by atoms with Gasteiger partial charge in [-0.1, -0.05) is 12.1 Å².